The lowest BCUT2D eigenvalue weighted by Crippen LogP contribution is -2.43. The number of hydrogen-bond donors (Lipinski definition) is 0. The Morgan fingerprint density at radius 3 is 2.64 bits per heavy atom. The molecule has 2 aromatic carbocycles. The summed E-state index contributed by atoms with van der Waals surface area (Å²) in [7, 11) is -4.88. The first-order valence-corrected chi connectivity index (χ1v) is 15.9. The molecule has 0 saturated carbocycles. The largest absolute Gasteiger partial charge is 0.534 e. The second kappa shape index (κ2) is 12.2. The Hall–Kier alpha value is -3.96. The van der Waals surface area contributed by atoms with Crippen LogP contribution < -0.4 is 13.7 Å². The van der Waals surface area contributed by atoms with Crippen LogP contribution >= 0.6 is 0 Å². The van der Waals surface area contributed by atoms with Gasteiger partial charge in [-0.3, -0.25) is 9.88 Å². The van der Waals surface area contributed by atoms with Gasteiger partial charge in [0.15, 0.2) is 12.6 Å². The smallest absolute Gasteiger partial charge is 0.468 e. The number of halogens is 6. The van der Waals surface area contributed by atoms with E-state index in [1.807, 2.05) is 4.90 Å². The molecule has 17 heteroatoms. The molecule has 6 rings (SSSR count). The Labute approximate surface area is 264 Å². The van der Waals surface area contributed by atoms with Crippen LogP contribution in [0, 0.1) is 11.6 Å². The van der Waals surface area contributed by atoms with Crippen molar-refractivity contribution in [2.75, 3.05) is 33.6 Å². The zero-order chi connectivity index (χ0) is 33.7. The number of aromatic nitrogens is 3. The van der Waals surface area contributed by atoms with E-state index in [-0.39, 0.29) is 55.0 Å². The lowest BCUT2D eigenvalue weighted by molar-refractivity contribution is -0.0501. The quantitative estimate of drug-likeness (QED) is 0.0872. The third-order valence-corrected chi connectivity index (χ3v) is 9.37. The molecule has 4 heterocycles. The molecule has 0 radical (unpaired) electrons. The molecule has 0 amide bonds. The van der Waals surface area contributed by atoms with E-state index in [2.05, 4.69) is 19.1 Å². The number of fused-ring (bicyclic) bond motifs is 3. The van der Waals surface area contributed by atoms with Crippen LogP contribution in [-0.4, -0.2) is 79.1 Å². The molecule has 0 aliphatic carbocycles. The van der Waals surface area contributed by atoms with E-state index in [0.717, 1.165) is 12.6 Å². The van der Waals surface area contributed by atoms with Gasteiger partial charge in [-0.2, -0.15) is 31.6 Å². The minimum atomic E-state index is -6.27. The Bertz CT molecular complexity index is 1960. The highest BCUT2D eigenvalue weighted by Crippen LogP contribution is 2.42. The van der Waals surface area contributed by atoms with E-state index in [1.165, 1.54) is 25.3 Å². The molecular formula is C30H28F6N4O6S. The third-order valence-electron chi connectivity index (χ3n) is 8.43. The number of pyridine rings is 1. The van der Waals surface area contributed by atoms with Crippen LogP contribution in [0.15, 0.2) is 30.5 Å². The van der Waals surface area contributed by atoms with Gasteiger partial charge in [0, 0.05) is 31.8 Å². The minimum Gasteiger partial charge on any atom is -0.468 e. The van der Waals surface area contributed by atoms with Crippen molar-refractivity contribution in [3.05, 3.63) is 47.7 Å². The SMILES string of the molecule is CCc1c(F)ccc2cc(OCOC)cc(-c3ncc4c(OS(=O)(=O)C(F)(F)F)nc(OC[C@@]56CCCN5C[C@H](F)C6)nc4c3F)c12. The van der Waals surface area contributed by atoms with Crippen LogP contribution in [0.4, 0.5) is 26.3 Å². The maximum Gasteiger partial charge on any atom is 0.534 e. The number of rotatable bonds is 10. The molecule has 2 aliphatic rings. The van der Waals surface area contributed by atoms with Crippen molar-refractivity contribution in [3.63, 3.8) is 0 Å². The molecule has 0 spiro atoms. The van der Waals surface area contributed by atoms with Crippen molar-refractivity contribution in [3.8, 4) is 28.9 Å². The van der Waals surface area contributed by atoms with Crippen molar-refractivity contribution >= 4 is 31.8 Å². The monoisotopic (exact) mass is 686 g/mol. The summed E-state index contributed by atoms with van der Waals surface area (Å²) >= 11 is 0. The Kier molecular flexibility index (Phi) is 8.59. The zero-order valence-corrected chi connectivity index (χ0v) is 25.9. The number of methoxy groups -OCH3 is 1. The number of ether oxygens (including phenoxy) is 3. The van der Waals surface area contributed by atoms with Crippen molar-refractivity contribution in [1.29, 1.82) is 0 Å². The fraction of sp³-hybridized carbons (Fsp3) is 0.433. The van der Waals surface area contributed by atoms with Crippen molar-refractivity contribution < 1.29 is 53.2 Å². The van der Waals surface area contributed by atoms with Crippen molar-refractivity contribution in [2.45, 2.75) is 49.8 Å². The van der Waals surface area contributed by atoms with E-state index < -0.39 is 67.5 Å². The van der Waals surface area contributed by atoms with Crippen LogP contribution in [0.3, 0.4) is 0 Å². The Morgan fingerprint density at radius 1 is 1.13 bits per heavy atom. The minimum absolute atomic E-state index is 0.0521. The maximum atomic E-state index is 16.6. The Balaban J connectivity index is 1.53. The number of nitrogens with zero attached hydrogens (tertiary/aromatic N) is 4. The average molecular weight is 687 g/mol. The molecule has 0 N–H and O–H groups in total. The van der Waals surface area contributed by atoms with E-state index in [9.17, 15) is 30.4 Å². The van der Waals surface area contributed by atoms with Gasteiger partial charge in [0.1, 0.15) is 35.6 Å². The first-order chi connectivity index (χ1) is 22.3. The molecule has 2 aliphatic heterocycles. The fourth-order valence-corrected chi connectivity index (χ4v) is 6.79. The second-order valence-electron chi connectivity index (χ2n) is 11.3. The summed E-state index contributed by atoms with van der Waals surface area (Å²) in [5, 5.41) is 0.130. The van der Waals surface area contributed by atoms with E-state index >= 15 is 4.39 Å². The van der Waals surface area contributed by atoms with Crippen LogP contribution in [0.5, 0.6) is 17.6 Å². The number of aryl methyl sites for hydroxylation is 1. The number of hydrogen-bond acceptors (Lipinski definition) is 10. The summed E-state index contributed by atoms with van der Waals surface area (Å²) in [5.41, 5.74) is -7.40. The summed E-state index contributed by atoms with van der Waals surface area (Å²) < 4.78 is 130. The molecule has 0 unspecified atom stereocenters. The predicted octanol–water partition coefficient (Wildman–Crippen LogP) is 5.85. The molecular weight excluding hydrogens is 658 g/mol. The van der Waals surface area contributed by atoms with Gasteiger partial charge in [-0.15, -0.1) is 0 Å². The maximum absolute atomic E-state index is 16.6. The topological polar surface area (TPSA) is 113 Å². The standard InChI is InChI=1S/C30H28F6N4O6S/c1-3-19-22(32)6-5-16-9-18(45-15-43-2)10-20(23(16)19)25-24(33)26-21(12-37-25)27(46-47(41,42)30(34,35)36)39-28(38-26)44-14-29-7-4-8-40(29)13-17(31)11-29/h5-6,9-10,12,17H,3-4,7-8,11,13-15H2,1-2H3/t17-,29+/m1/s1. The van der Waals surface area contributed by atoms with Crippen molar-refractivity contribution in [2.24, 2.45) is 0 Å². The van der Waals surface area contributed by atoms with Gasteiger partial charge in [-0.1, -0.05) is 13.0 Å². The van der Waals surface area contributed by atoms with E-state index in [0.29, 0.717) is 18.4 Å². The first-order valence-electron chi connectivity index (χ1n) is 14.5. The van der Waals surface area contributed by atoms with Crippen LogP contribution in [0.25, 0.3) is 32.9 Å². The Morgan fingerprint density at radius 2 is 1.91 bits per heavy atom. The fourth-order valence-electron chi connectivity index (χ4n) is 6.36. The van der Waals surface area contributed by atoms with E-state index in [4.69, 9.17) is 14.2 Å². The number of alkyl halides is 4. The van der Waals surface area contributed by atoms with Gasteiger partial charge >= 0.3 is 21.6 Å². The van der Waals surface area contributed by atoms with Crippen LogP contribution in [0.1, 0.15) is 31.7 Å². The summed E-state index contributed by atoms with van der Waals surface area (Å²) in [6.45, 7) is 2.09. The molecule has 2 atom stereocenters. The lowest BCUT2D eigenvalue weighted by Gasteiger charge is -2.30. The van der Waals surface area contributed by atoms with Gasteiger partial charge in [-0.05, 0) is 60.3 Å². The van der Waals surface area contributed by atoms with E-state index in [1.54, 1.807) is 13.0 Å². The van der Waals surface area contributed by atoms with Crippen LogP contribution in [0.2, 0.25) is 0 Å². The third kappa shape index (κ3) is 5.99. The second-order valence-corrected chi connectivity index (χ2v) is 12.9. The highest BCUT2D eigenvalue weighted by atomic mass is 32.2. The van der Waals surface area contributed by atoms with Gasteiger partial charge in [0.2, 0.25) is 5.88 Å². The molecule has 0 bridgehead atoms. The van der Waals surface area contributed by atoms with Gasteiger partial charge in [0.25, 0.3) is 0 Å². The summed E-state index contributed by atoms with van der Waals surface area (Å²) in [4.78, 5) is 13.8. The van der Waals surface area contributed by atoms with Gasteiger partial charge < -0.3 is 18.4 Å². The molecule has 2 aromatic heterocycles. The molecule has 2 fully saturated rings. The van der Waals surface area contributed by atoms with Gasteiger partial charge in [-0.25, -0.2) is 13.2 Å². The average Bonchev–Trinajstić information content (AvgIpc) is 3.54. The normalized spacial score (nSPS) is 20.2. The number of benzene rings is 2. The summed E-state index contributed by atoms with van der Waals surface area (Å²) in [5.74, 6) is -2.76. The van der Waals surface area contributed by atoms with Crippen LogP contribution in [-0.2, 0) is 21.3 Å². The highest BCUT2D eigenvalue weighted by molar-refractivity contribution is 7.88. The first kappa shape index (κ1) is 33.0. The molecule has 47 heavy (non-hydrogen) atoms. The predicted molar refractivity (Wildman–Crippen MR) is 156 cm³/mol. The molecule has 10 nitrogen and oxygen atoms in total. The van der Waals surface area contributed by atoms with Gasteiger partial charge in [0.05, 0.1) is 10.9 Å². The molecule has 2 saturated heterocycles. The summed E-state index contributed by atoms with van der Waals surface area (Å²) in [6, 6.07) is 4.99. The summed E-state index contributed by atoms with van der Waals surface area (Å²) in [6.07, 6.45) is 1.35. The molecule has 252 valence electrons. The zero-order valence-electron chi connectivity index (χ0n) is 25.0. The lowest BCUT2D eigenvalue weighted by atomic mass is 9.94. The highest BCUT2D eigenvalue weighted by Gasteiger charge is 2.50. The van der Waals surface area contributed by atoms with Crippen molar-refractivity contribution in [1.82, 2.24) is 19.9 Å². The molecule has 4 aromatic rings.